The molecule has 0 aliphatic rings. The molecule has 0 aliphatic carbocycles. The lowest BCUT2D eigenvalue weighted by Crippen LogP contribution is -2.34. The molecule has 0 saturated carbocycles. The molecule has 106 valence electrons. The molecule has 1 aromatic rings. The fourth-order valence-corrected chi connectivity index (χ4v) is 2.00. The molecule has 0 aliphatic heterocycles. The van der Waals surface area contributed by atoms with Crippen molar-refractivity contribution >= 4 is 5.97 Å². The van der Waals surface area contributed by atoms with Crippen molar-refractivity contribution in [2.24, 2.45) is 5.41 Å². The third kappa shape index (κ3) is 6.91. The highest BCUT2D eigenvalue weighted by atomic mass is 16.5. The van der Waals surface area contributed by atoms with Crippen molar-refractivity contribution in [3.05, 3.63) is 30.1 Å². The van der Waals surface area contributed by atoms with Gasteiger partial charge in [0.1, 0.15) is 0 Å². The van der Waals surface area contributed by atoms with E-state index < -0.39 is 0 Å². The van der Waals surface area contributed by atoms with Gasteiger partial charge in [-0.1, -0.05) is 20.8 Å². The maximum atomic E-state index is 11.4. The zero-order valence-electron chi connectivity index (χ0n) is 12.3. The van der Waals surface area contributed by atoms with Gasteiger partial charge in [-0.05, 0) is 29.5 Å². The van der Waals surface area contributed by atoms with Crippen LogP contribution in [-0.2, 0) is 16.1 Å². The first-order valence-electron chi connectivity index (χ1n) is 6.60. The number of nitrogens with one attached hydrogen (secondary N) is 1. The summed E-state index contributed by atoms with van der Waals surface area (Å²) < 4.78 is 4.76. The van der Waals surface area contributed by atoms with Gasteiger partial charge >= 0.3 is 5.97 Å². The van der Waals surface area contributed by atoms with Gasteiger partial charge in [0.05, 0.1) is 13.5 Å². The Kier molecular flexibility index (Phi) is 5.96. The molecular weight excluding hydrogens is 240 g/mol. The third-order valence-electron chi connectivity index (χ3n) is 2.84. The molecule has 4 heteroatoms. The lowest BCUT2D eigenvalue weighted by atomic mass is 9.87. The molecule has 1 N–H and O–H groups in total. The Morgan fingerprint density at radius 1 is 1.37 bits per heavy atom. The van der Waals surface area contributed by atoms with E-state index in [0.29, 0.717) is 6.42 Å². The summed E-state index contributed by atoms with van der Waals surface area (Å²) in [4.78, 5) is 15.4. The molecule has 0 spiro atoms. The second kappa shape index (κ2) is 7.24. The highest BCUT2D eigenvalue weighted by molar-refractivity contribution is 5.69. The van der Waals surface area contributed by atoms with Crippen LogP contribution in [0.3, 0.4) is 0 Å². The van der Waals surface area contributed by atoms with Gasteiger partial charge in [0.15, 0.2) is 0 Å². The fraction of sp³-hybridized carbons (Fsp3) is 0.600. The summed E-state index contributed by atoms with van der Waals surface area (Å²) >= 11 is 0. The number of hydrogen-bond donors (Lipinski definition) is 1. The van der Waals surface area contributed by atoms with Crippen LogP contribution in [0.15, 0.2) is 24.5 Å². The molecule has 0 radical (unpaired) electrons. The highest BCUT2D eigenvalue weighted by Gasteiger charge is 2.21. The van der Waals surface area contributed by atoms with E-state index in [-0.39, 0.29) is 17.4 Å². The number of nitrogens with zero attached hydrogens (tertiary/aromatic N) is 1. The predicted molar refractivity (Wildman–Crippen MR) is 75.6 cm³/mol. The van der Waals surface area contributed by atoms with Crippen LogP contribution in [0.4, 0.5) is 0 Å². The lowest BCUT2D eigenvalue weighted by Gasteiger charge is -2.26. The Hall–Kier alpha value is -1.42. The summed E-state index contributed by atoms with van der Waals surface area (Å²) in [6.07, 6.45) is 4.87. The van der Waals surface area contributed by atoms with Crippen molar-refractivity contribution in [1.29, 1.82) is 0 Å². The SMILES string of the molecule is COC(=O)CC(CC(C)(C)C)NCc1ccncc1. The molecule has 1 rings (SSSR count). The topological polar surface area (TPSA) is 51.2 Å². The number of ether oxygens (including phenoxy) is 1. The van der Waals surface area contributed by atoms with Crippen LogP contribution < -0.4 is 5.32 Å². The summed E-state index contributed by atoms with van der Waals surface area (Å²) in [5.74, 6) is -0.170. The molecule has 0 amide bonds. The highest BCUT2D eigenvalue weighted by Crippen LogP contribution is 2.22. The first-order chi connectivity index (χ1) is 8.90. The summed E-state index contributed by atoms with van der Waals surface area (Å²) in [5, 5.41) is 3.43. The van der Waals surface area contributed by atoms with Gasteiger partial charge in [0.2, 0.25) is 0 Å². The molecular formula is C15H24N2O2. The van der Waals surface area contributed by atoms with E-state index in [4.69, 9.17) is 4.74 Å². The van der Waals surface area contributed by atoms with Gasteiger partial charge in [-0.3, -0.25) is 9.78 Å². The summed E-state index contributed by atoms with van der Waals surface area (Å²) in [5.41, 5.74) is 1.34. The van der Waals surface area contributed by atoms with Gasteiger partial charge < -0.3 is 10.1 Å². The Morgan fingerprint density at radius 3 is 2.53 bits per heavy atom. The maximum absolute atomic E-state index is 11.4. The lowest BCUT2D eigenvalue weighted by molar-refractivity contribution is -0.141. The van der Waals surface area contributed by atoms with Gasteiger partial charge in [-0.2, -0.15) is 0 Å². The van der Waals surface area contributed by atoms with E-state index in [1.54, 1.807) is 12.4 Å². The number of esters is 1. The molecule has 0 bridgehead atoms. The largest absolute Gasteiger partial charge is 0.469 e. The molecule has 1 atom stereocenters. The average Bonchev–Trinajstić information content (AvgIpc) is 2.35. The minimum absolute atomic E-state index is 0.126. The molecule has 19 heavy (non-hydrogen) atoms. The summed E-state index contributed by atoms with van der Waals surface area (Å²) in [7, 11) is 1.43. The monoisotopic (exact) mass is 264 g/mol. The van der Waals surface area contributed by atoms with E-state index in [1.807, 2.05) is 12.1 Å². The summed E-state index contributed by atoms with van der Waals surface area (Å²) in [6.45, 7) is 7.25. The van der Waals surface area contributed by atoms with Crippen molar-refractivity contribution in [3.8, 4) is 0 Å². The number of aromatic nitrogens is 1. The van der Waals surface area contributed by atoms with E-state index >= 15 is 0 Å². The van der Waals surface area contributed by atoms with Gasteiger partial charge in [-0.25, -0.2) is 0 Å². The predicted octanol–water partition coefficient (Wildman–Crippen LogP) is 2.54. The first kappa shape index (κ1) is 15.6. The number of hydrogen-bond acceptors (Lipinski definition) is 4. The van der Waals surface area contributed by atoms with Crippen molar-refractivity contribution in [1.82, 2.24) is 10.3 Å². The maximum Gasteiger partial charge on any atom is 0.307 e. The van der Waals surface area contributed by atoms with Crippen LogP contribution in [0.25, 0.3) is 0 Å². The third-order valence-corrected chi connectivity index (χ3v) is 2.84. The molecule has 1 heterocycles. The Morgan fingerprint density at radius 2 is 2.00 bits per heavy atom. The zero-order chi connectivity index (χ0) is 14.3. The molecule has 1 unspecified atom stereocenters. The van der Waals surface area contributed by atoms with Crippen molar-refractivity contribution in [2.45, 2.75) is 46.2 Å². The zero-order valence-corrected chi connectivity index (χ0v) is 12.3. The number of rotatable bonds is 6. The second-order valence-corrected chi connectivity index (χ2v) is 5.98. The Bertz CT molecular complexity index is 385. The van der Waals surface area contributed by atoms with Gasteiger partial charge in [0.25, 0.3) is 0 Å². The average molecular weight is 264 g/mol. The van der Waals surface area contributed by atoms with Crippen LogP contribution in [-0.4, -0.2) is 24.1 Å². The molecule has 0 aromatic carbocycles. The summed E-state index contributed by atoms with van der Waals surface area (Å²) in [6, 6.07) is 4.07. The Balaban J connectivity index is 2.56. The van der Waals surface area contributed by atoms with E-state index in [0.717, 1.165) is 13.0 Å². The van der Waals surface area contributed by atoms with E-state index in [9.17, 15) is 4.79 Å². The number of pyridine rings is 1. The standard InChI is InChI=1S/C15H24N2O2/c1-15(2,3)10-13(9-14(18)19-4)17-11-12-5-7-16-8-6-12/h5-8,13,17H,9-11H2,1-4H3. The molecule has 1 aromatic heterocycles. The fourth-order valence-electron chi connectivity index (χ4n) is 2.00. The minimum atomic E-state index is -0.170. The van der Waals surface area contributed by atoms with Crippen LogP contribution in [0.2, 0.25) is 0 Å². The van der Waals surface area contributed by atoms with Crippen LogP contribution in [0.1, 0.15) is 39.2 Å². The van der Waals surface area contributed by atoms with Gasteiger partial charge in [-0.15, -0.1) is 0 Å². The van der Waals surface area contributed by atoms with Crippen molar-refractivity contribution in [2.75, 3.05) is 7.11 Å². The van der Waals surface area contributed by atoms with E-state index in [2.05, 4.69) is 31.1 Å². The van der Waals surface area contributed by atoms with Gasteiger partial charge in [0, 0.05) is 25.0 Å². The molecule has 0 fully saturated rings. The number of carbonyl (C=O) groups is 1. The van der Waals surface area contributed by atoms with Crippen LogP contribution >= 0.6 is 0 Å². The normalized spacial score (nSPS) is 13.1. The smallest absolute Gasteiger partial charge is 0.307 e. The van der Waals surface area contributed by atoms with E-state index in [1.165, 1.54) is 12.7 Å². The number of carbonyl (C=O) groups excluding carboxylic acids is 1. The van der Waals surface area contributed by atoms with Crippen molar-refractivity contribution in [3.63, 3.8) is 0 Å². The molecule has 4 nitrogen and oxygen atoms in total. The Labute approximate surface area is 115 Å². The molecule has 0 saturated heterocycles. The second-order valence-electron chi connectivity index (χ2n) is 5.98. The quantitative estimate of drug-likeness (QED) is 0.802. The number of methoxy groups -OCH3 is 1. The van der Waals surface area contributed by atoms with Crippen molar-refractivity contribution < 1.29 is 9.53 Å². The first-order valence-corrected chi connectivity index (χ1v) is 6.60. The van der Waals surface area contributed by atoms with Crippen LogP contribution in [0.5, 0.6) is 0 Å². The minimum Gasteiger partial charge on any atom is -0.469 e. The van der Waals surface area contributed by atoms with Crippen LogP contribution in [0, 0.1) is 5.41 Å².